The molecule has 0 saturated carbocycles. The second-order valence-electron chi connectivity index (χ2n) is 6.93. The average molecular weight is 299 g/mol. The van der Waals surface area contributed by atoms with E-state index in [0.29, 0.717) is 5.92 Å². The summed E-state index contributed by atoms with van der Waals surface area (Å²) in [5, 5.41) is 10.0. The maximum atomic E-state index is 10.0. The number of aliphatic hydroxyl groups is 1. The number of H-pyrrole nitrogens is 1. The average Bonchev–Trinajstić information content (AvgIpc) is 2.96. The van der Waals surface area contributed by atoms with Crippen LogP contribution < -0.4 is 0 Å². The summed E-state index contributed by atoms with van der Waals surface area (Å²) < 4.78 is 0. The first kappa shape index (κ1) is 15.3. The molecule has 1 aromatic heterocycles. The van der Waals surface area contributed by atoms with Crippen molar-refractivity contribution >= 4 is 0 Å². The maximum Gasteiger partial charge on any atom is 0.110 e. The van der Waals surface area contributed by atoms with Crippen LogP contribution in [-0.4, -0.2) is 45.2 Å². The van der Waals surface area contributed by atoms with E-state index in [1.165, 1.54) is 5.56 Å². The van der Waals surface area contributed by atoms with Gasteiger partial charge in [0.15, 0.2) is 0 Å². The van der Waals surface area contributed by atoms with E-state index in [1.54, 1.807) is 0 Å². The Morgan fingerprint density at radius 3 is 2.82 bits per heavy atom. The van der Waals surface area contributed by atoms with Crippen molar-refractivity contribution in [2.24, 2.45) is 0 Å². The quantitative estimate of drug-likeness (QED) is 0.912. The highest BCUT2D eigenvalue weighted by Gasteiger charge is 2.27. The number of rotatable bonds is 4. The number of aromatic amines is 1. The molecule has 0 aliphatic carbocycles. The van der Waals surface area contributed by atoms with Gasteiger partial charge >= 0.3 is 0 Å². The molecule has 0 radical (unpaired) electrons. The molecule has 0 amide bonds. The number of benzene rings is 1. The predicted molar refractivity (Wildman–Crippen MR) is 88.7 cm³/mol. The smallest absolute Gasteiger partial charge is 0.110 e. The summed E-state index contributed by atoms with van der Waals surface area (Å²) >= 11 is 0. The molecule has 1 atom stereocenters. The number of nitrogens with one attached hydrogen (secondary N) is 1. The number of nitrogens with zero attached hydrogens (tertiary/aromatic N) is 2. The van der Waals surface area contributed by atoms with E-state index in [-0.39, 0.29) is 0 Å². The van der Waals surface area contributed by atoms with Crippen molar-refractivity contribution < 1.29 is 5.11 Å². The lowest BCUT2D eigenvalue weighted by Crippen LogP contribution is -2.43. The molecule has 1 unspecified atom stereocenters. The molecule has 22 heavy (non-hydrogen) atoms. The van der Waals surface area contributed by atoms with Crippen molar-refractivity contribution in [1.29, 1.82) is 0 Å². The Morgan fingerprint density at radius 2 is 2.09 bits per heavy atom. The van der Waals surface area contributed by atoms with E-state index in [4.69, 9.17) is 0 Å². The fourth-order valence-corrected chi connectivity index (χ4v) is 3.28. The molecule has 2 N–H and O–H groups in total. The summed E-state index contributed by atoms with van der Waals surface area (Å²) in [5.41, 5.74) is 1.61. The van der Waals surface area contributed by atoms with Gasteiger partial charge in [0.2, 0.25) is 0 Å². The monoisotopic (exact) mass is 299 g/mol. The van der Waals surface area contributed by atoms with E-state index in [2.05, 4.69) is 27.0 Å². The summed E-state index contributed by atoms with van der Waals surface area (Å²) in [6, 6.07) is 10.3. The van der Waals surface area contributed by atoms with Crippen molar-refractivity contribution in [3.8, 4) is 11.3 Å². The van der Waals surface area contributed by atoms with Gasteiger partial charge in [0, 0.05) is 19.0 Å². The standard InChI is InChI=1S/C18H25N3O/c1-18(2,22)13-21-10-6-9-15(12-21)17-19-11-16(20-17)14-7-4-3-5-8-14/h3-5,7-8,11,15,22H,6,9-10,12-13H2,1-2H3,(H,19,20). The molecule has 2 aromatic rings. The van der Waals surface area contributed by atoms with Gasteiger partial charge in [0.05, 0.1) is 17.5 Å². The number of likely N-dealkylation sites (tertiary alicyclic amines) is 1. The van der Waals surface area contributed by atoms with Crippen LogP contribution in [0.1, 0.15) is 38.4 Å². The zero-order chi connectivity index (χ0) is 15.6. The Bertz CT molecular complexity index is 600. The zero-order valence-corrected chi connectivity index (χ0v) is 13.4. The lowest BCUT2D eigenvalue weighted by molar-refractivity contribution is 0.0267. The highest BCUT2D eigenvalue weighted by atomic mass is 16.3. The summed E-state index contributed by atoms with van der Waals surface area (Å²) in [4.78, 5) is 10.4. The first-order valence-corrected chi connectivity index (χ1v) is 8.06. The third-order valence-corrected chi connectivity index (χ3v) is 4.18. The molecule has 1 aliphatic heterocycles. The van der Waals surface area contributed by atoms with Crippen LogP contribution in [0.25, 0.3) is 11.3 Å². The van der Waals surface area contributed by atoms with E-state index < -0.39 is 5.60 Å². The van der Waals surface area contributed by atoms with Crippen molar-refractivity contribution in [3.63, 3.8) is 0 Å². The van der Waals surface area contributed by atoms with Crippen LogP contribution >= 0.6 is 0 Å². The van der Waals surface area contributed by atoms with E-state index in [1.807, 2.05) is 38.2 Å². The second-order valence-corrected chi connectivity index (χ2v) is 6.93. The van der Waals surface area contributed by atoms with Gasteiger partial charge in [0.1, 0.15) is 5.82 Å². The van der Waals surface area contributed by atoms with Gasteiger partial charge in [0.25, 0.3) is 0 Å². The molecule has 0 spiro atoms. The number of hydrogen-bond acceptors (Lipinski definition) is 3. The SMILES string of the molecule is CC(C)(O)CN1CCCC(c2ncc(-c3ccccc3)[nH]2)C1. The van der Waals surface area contributed by atoms with Crippen LogP contribution in [0.5, 0.6) is 0 Å². The van der Waals surface area contributed by atoms with E-state index in [9.17, 15) is 5.11 Å². The fraction of sp³-hybridized carbons (Fsp3) is 0.500. The number of β-amino-alcohol motifs (C(OH)–C–C–N with tert-alkyl or cyclic N) is 1. The van der Waals surface area contributed by atoms with Crippen LogP contribution in [0.15, 0.2) is 36.5 Å². The first-order valence-electron chi connectivity index (χ1n) is 8.06. The van der Waals surface area contributed by atoms with Gasteiger partial charge in [-0.15, -0.1) is 0 Å². The second kappa shape index (κ2) is 6.23. The van der Waals surface area contributed by atoms with E-state index >= 15 is 0 Å². The molecule has 3 rings (SSSR count). The molecule has 4 heteroatoms. The summed E-state index contributed by atoms with van der Waals surface area (Å²) in [6.45, 7) is 6.49. The number of hydrogen-bond donors (Lipinski definition) is 2. The topological polar surface area (TPSA) is 52.1 Å². The summed E-state index contributed by atoms with van der Waals surface area (Å²) in [5.74, 6) is 1.49. The molecule has 1 aromatic carbocycles. The van der Waals surface area contributed by atoms with Crippen LogP contribution in [0.4, 0.5) is 0 Å². The molecule has 2 heterocycles. The maximum absolute atomic E-state index is 10.0. The minimum Gasteiger partial charge on any atom is -0.389 e. The first-order chi connectivity index (χ1) is 10.5. The molecule has 1 saturated heterocycles. The predicted octanol–water partition coefficient (Wildman–Crippen LogP) is 3.03. The Balaban J connectivity index is 1.70. The Morgan fingerprint density at radius 1 is 1.32 bits per heavy atom. The van der Waals surface area contributed by atoms with Crippen LogP contribution in [0.2, 0.25) is 0 Å². The lowest BCUT2D eigenvalue weighted by atomic mass is 9.96. The van der Waals surface area contributed by atoms with Crippen LogP contribution in [0, 0.1) is 0 Å². The highest BCUT2D eigenvalue weighted by molar-refractivity contribution is 5.58. The van der Waals surface area contributed by atoms with Gasteiger partial charge in [-0.05, 0) is 38.8 Å². The minimum absolute atomic E-state index is 0.425. The highest BCUT2D eigenvalue weighted by Crippen LogP contribution is 2.27. The van der Waals surface area contributed by atoms with Crippen molar-refractivity contribution in [2.75, 3.05) is 19.6 Å². The number of piperidine rings is 1. The van der Waals surface area contributed by atoms with Crippen molar-refractivity contribution in [1.82, 2.24) is 14.9 Å². The van der Waals surface area contributed by atoms with Crippen LogP contribution in [0.3, 0.4) is 0 Å². The van der Waals surface area contributed by atoms with Crippen LogP contribution in [-0.2, 0) is 0 Å². The Kier molecular flexibility index (Phi) is 4.32. The molecule has 0 bridgehead atoms. The molecule has 4 nitrogen and oxygen atoms in total. The third-order valence-electron chi connectivity index (χ3n) is 4.18. The normalized spacial score (nSPS) is 20.2. The van der Waals surface area contributed by atoms with Gasteiger partial charge < -0.3 is 10.1 Å². The molecule has 1 aliphatic rings. The molecule has 1 fully saturated rings. The summed E-state index contributed by atoms with van der Waals surface area (Å²) in [6.07, 6.45) is 4.24. The minimum atomic E-state index is -0.639. The lowest BCUT2D eigenvalue weighted by Gasteiger charge is -2.35. The van der Waals surface area contributed by atoms with Gasteiger partial charge in [-0.2, -0.15) is 0 Å². The summed E-state index contributed by atoms with van der Waals surface area (Å²) in [7, 11) is 0. The largest absolute Gasteiger partial charge is 0.389 e. The number of imidazole rings is 1. The van der Waals surface area contributed by atoms with Crippen molar-refractivity contribution in [3.05, 3.63) is 42.4 Å². The molecular weight excluding hydrogens is 274 g/mol. The Labute approximate surface area is 132 Å². The van der Waals surface area contributed by atoms with Gasteiger partial charge in [-0.3, -0.25) is 4.90 Å². The van der Waals surface area contributed by atoms with Gasteiger partial charge in [-0.1, -0.05) is 30.3 Å². The van der Waals surface area contributed by atoms with Gasteiger partial charge in [-0.25, -0.2) is 4.98 Å². The fourth-order valence-electron chi connectivity index (χ4n) is 3.28. The van der Waals surface area contributed by atoms with E-state index in [0.717, 1.165) is 44.0 Å². The Hall–Kier alpha value is -1.65. The van der Waals surface area contributed by atoms with Crippen molar-refractivity contribution in [2.45, 2.75) is 38.2 Å². The number of aromatic nitrogens is 2. The molecule has 118 valence electrons. The molecular formula is C18H25N3O. The third kappa shape index (κ3) is 3.76. The zero-order valence-electron chi connectivity index (χ0n) is 13.4.